The number of nitrogens with two attached hydrogens (primary N) is 1. The Labute approximate surface area is 99.3 Å². The van der Waals surface area contributed by atoms with Crippen LogP contribution in [0.1, 0.15) is 5.56 Å². The number of likely N-dealkylation sites (N-methyl/N-ethyl adjacent to an activating group) is 1. The molecule has 0 aliphatic rings. The van der Waals surface area contributed by atoms with Gasteiger partial charge in [0.05, 0.1) is 0 Å². The van der Waals surface area contributed by atoms with Crippen molar-refractivity contribution in [3.8, 4) is 0 Å². The van der Waals surface area contributed by atoms with Crippen LogP contribution in [0.5, 0.6) is 0 Å². The quantitative estimate of drug-likeness (QED) is 0.343. The molecule has 0 aliphatic carbocycles. The van der Waals surface area contributed by atoms with Crippen molar-refractivity contribution in [2.75, 3.05) is 25.7 Å². The zero-order valence-corrected chi connectivity index (χ0v) is 9.75. The normalized spacial score (nSPS) is 11.3. The average Bonchev–Trinajstić information content (AvgIpc) is 2.37. The first kappa shape index (κ1) is 13.0. The molecule has 6 heteroatoms. The molecule has 0 radical (unpaired) electrons. The first-order chi connectivity index (χ1) is 8.10. The molecule has 0 saturated carbocycles. The van der Waals surface area contributed by atoms with Crippen LogP contribution in [0.15, 0.2) is 29.4 Å². The van der Waals surface area contributed by atoms with E-state index in [9.17, 15) is 4.79 Å². The zero-order chi connectivity index (χ0) is 12.8. The van der Waals surface area contributed by atoms with Gasteiger partial charge in [0.2, 0.25) is 0 Å². The molecule has 0 fully saturated rings. The largest absolute Gasteiger partial charge is 0.409 e. The van der Waals surface area contributed by atoms with Gasteiger partial charge in [-0.15, -0.1) is 0 Å². The lowest BCUT2D eigenvalue weighted by atomic mass is 10.2. The number of methoxy groups -OCH3 is 1. The molecule has 0 atom stereocenters. The number of rotatable bonds is 4. The van der Waals surface area contributed by atoms with E-state index in [1.165, 1.54) is 12.0 Å². The minimum absolute atomic E-state index is 0.000518. The highest BCUT2D eigenvalue weighted by atomic mass is 16.5. The molecule has 0 unspecified atom stereocenters. The Kier molecular flexibility index (Phi) is 4.47. The number of anilines is 1. The van der Waals surface area contributed by atoms with Gasteiger partial charge in [-0.2, -0.15) is 0 Å². The van der Waals surface area contributed by atoms with Crippen molar-refractivity contribution < 1.29 is 14.7 Å². The number of oxime groups is 1. The zero-order valence-electron chi connectivity index (χ0n) is 9.75. The van der Waals surface area contributed by atoms with Gasteiger partial charge in [-0.1, -0.05) is 17.3 Å². The molecule has 0 aromatic heterocycles. The van der Waals surface area contributed by atoms with Gasteiger partial charge in [0.15, 0.2) is 5.84 Å². The summed E-state index contributed by atoms with van der Waals surface area (Å²) in [5.74, 6) is -0.177. The van der Waals surface area contributed by atoms with E-state index in [1.807, 2.05) is 0 Å². The third kappa shape index (κ3) is 3.18. The van der Waals surface area contributed by atoms with E-state index >= 15 is 0 Å². The molecular weight excluding hydrogens is 222 g/mol. The molecule has 17 heavy (non-hydrogen) atoms. The molecule has 0 heterocycles. The molecule has 1 aromatic carbocycles. The number of carbonyl (C=O) groups excluding carboxylic acids is 1. The molecular formula is C11H15N3O3. The monoisotopic (exact) mass is 237 g/mol. The lowest BCUT2D eigenvalue weighted by molar-refractivity contribution is -0.121. The van der Waals surface area contributed by atoms with E-state index in [4.69, 9.17) is 15.7 Å². The maximum absolute atomic E-state index is 11.6. The van der Waals surface area contributed by atoms with Crippen LogP contribution in [0.25, 0.3) is 0 Å². The summed E-state index contributed by atoms with van der Waals surface area (Å²) in [6, 6.07) is 6.82. The predicted molar refractivity (Wildman–Crippen MR) is 64.2 cm³/mol. The van der Waals surface area contributed by atoms with Gasteiger partial charge in [0.25, 0.3) is 5.91 Å². The van der Waals surface area contributed by atoms with Crippen molar-refractivity contribution in [3.05, 3.63) is 29.8 Å². The summed E-state index contributed by atoms with van der Waals surface area (Å²) in [5.41, 5.74) is 6.66. The number of amides is 1. The Hall–Kier alpha value is -2.08. The molecule has 0 aliphatic heterocycles. The highest BCUT2D eigenvalue weighted by Gasteiger charge is 2.11. The molecule has 1 amide bonds. The SMILES string of the molecule is COCC(=O)N(C)c1cccc(C(N)=NO)c1. The second kappa shape index (κ2) is 5.86. The minimum Gasteiger partial charge on any atom is -0.409 e. The fourth-order valence-corrected chi connectivity index (χ4v) is 1.30. The topological polar surface area (TPSA) is 88.2 Å². The number of nitrogens with zero attached hydrogens (tertiary/aromatic N) is 2. The van der Waals surface area contributed by atoms with Crippen LogP contribution in [0, 0.1) is 0 Å². The summed E-state index contributed by atoms with van der Waals surface area (Å²) in [7, 11) is 3.09. The number of ether oxygens (including phenoxy) is 1. The number of hydrogen-bond acceptors (Lipinski definition) is 4. The third-order valence-corrected chi connectivity index (χ3v) is 2.28. The van der Waals surface area contributed by atoms with E-state index in [0.717, 1.165) is 0 Å². The van der Waals surface area contributed by atoms with Gasteiger partial charge >= 0.3 is 0 Å². The van der Waals surface area contributed by atoms with Crippen LogP contribution in [0.4, 0.5) is 5.69 Å². The molecule has 1 aromatic rings. The van der Waals surface area contributed by atoms with Gasteiger partial charge in [0, 0.05) is 25.4 Å². The summed E-state index contributed by atoms with van der Waals surface area (Å²) in [5, 5.41) is 11.5. The summed E-state index contributed by atoms with van der Waals surface area (Å²) in [6.45, 7) is 0.00426. The first-order valence-corrected chi connectivity index (χ1v) is 4.93. The molecule has 0 spiro atoms. The highest BCUT2D eigenvalue weighted by Crippen LogP contribution is 2.14. The molecule has 1 rings (SSSR count). The smallest absolute Gasteiger partial charge is 0.252 e. The first-order valence-electron chi connectivity index (χ1n) is 4.93. The Balaban J connectivity index is 2.95. The second-order valence-electron chi connectivity index (χ2n) is 3.42. The molecule has 0 bridgehead atoms. The van der Waals surface area contributed by atoms with Crippen molar-refractivity contribution >= 4 is 17.4 Å². The Morgan fingerprint density at radius 1 is 1.59 bits per heavy atom. The van der Waals surface area contributed by atoms with Crippen LogP contribution < -0.4 is 10.6 Å². The Morgan fingerprint density at radius 3 is 2.88 bits per heavy atom. The molecule has 3 N–H and O–H groups in total. The van der Waals surface area contributed by atoms with Crippen LogP contribution in [0.3, 0.4) is 0 Å². The van der Waals surface area contributed by atoms with Crippen molar-refractivity contribution in [1.29, 1.82) is 0 Å². The van der Waals surface area contributed by atoms with Crippen LogP contribution in [-0.4, -0.2) is 37.7 Å². The summed E-state index contributed by atoms with van der Waals surface area (Å²) in [4.78, 5) is 13.0. The predicted octanol–water partition coefficient (Wildman–Crippen LogP) is 0.390. The highest BCUT2D eigenvalue weighted by molar-refractivity contribution is 5.99. The van der Waals surface area contributed by atoms with Crippen molar-refractivity contribution in [2.24, 2.45) is 10.9 Å². The van der Waals surface area contributed by atoms with Crippen LogP contribution >= 0.6 is 0 Å². The lowest BCUT2D eigenvalue weighted by Gasteiger charge is -2.17. The minimum atomic E-state index is -0.177. The van der Waals surface area contributed by atoms with Crippen molar-refractivity contribution in [3.63, 3.8) is 0 Å². The lowest BCUT2D eigenvalue weighted by Crippen LogP contribution is -2.29. The van der Waals surface area contributed by atoms with Crippen molar-refractivity contribution in [2.45, 2.75) is 0 Å². The van der Waals surface area contributed by atoms with E-state index in [-0.39, 0.29) is 18.3 Å². The second-order valence-corrected chi connectivity index (χ2v) is 3.42. The van der Waals surface area contributed by atoms with Crippen LogP contribution in [0.2, 0.25) is 0 Å². The molecule has 92 valence electrons. The summed E-state index contributed by atoms with van der Waals surface area (Å²) < 4.78 is 4.77. The Morgan fingerprint density at radius 2 is 2.29 bits per heavy atom. The number of amidine groups is 1. The maximum Gasteiger partial charge on any atom is 0.252 e. The molecule has 6 nitrogen and oxygen atoms in total. The van der Waals surface area contributed by atoms with E-state index in [2.05, 4.69) is 5.16 Å². The van der Waals surface area contributed by atoms with Crippen molar-refractivity contribution in [1.82, 2.24) is 0 Å². The van der Waals surface area contributed by atoms with E-state index in [0.29, 0.717) is 11.3 Å². The van der Waals surface area contributed by atoms with Gasteiger partial charge in [-0.25, -0.2) is 0 Å². The average molecular weight is 237 g/mol. The standard InChI is InChI=1S/C11H15N3O3/c1-14(10(15)7-17-2)9-5-3-4-8(6-9)11(12)13-16/h3-6,16H,7H2,1-2H3,(H2,12,13). The van der Waals surface area contributed by atoms with Gasteiger partial charge < -0.3 is 20.6 Å². The maximum atomic E-state index is 11.6. The van der Waals surface area contributed by atoms with Gasteiger partial charge in [-0.3, -0.25) is 4.79 Å². The number of benzene rings is 1. The number of carbonyl (C=O) groups is 1. The van der Waals surface area contributed by atoms with E-state index < -0.39 is 0 Å². The fourth-order valence-electron chi connectivity index (χ4n) is 1.30. The summed E-state index contributed by atoms with van der Waals surface area (Å²) in [6.07, 6.45) is 0. The Bertz CT molecular complexity index is 432. The van der Waals surface area contributed by atoms with E-state index in [1.54, 1.807) is 31.3 Å². The summed E-state index contributed by atoms with van der Waals surface area (Å²) >= 11 is 0. The van der Waals surface area contributed by atoms with Crippen LogP contribution in [-0.2, 0) is 9.53 Å². The van der Waals surface area contributed by atoms with Gasteiger partial charge in [0.1, 0.15) is 6.61 Å². The molecule has 0 saturated heterocycles. The third-order valence-electron chi connectivity index (χ3n) is 2.28. The fraction of sp³-hybridized carbons (Fsp3) is 0.273. The van der Waals surface area contributed by atoms with Gasteiger partial charge in [-0.05, 0) is 12.1 Å². The number of hydrogen-bond donors (Lipinski definition) is 2.